The highest BCUT2D eigenvalue weighted by molar-refractivity contribution is 7.88. The van der Waals surface area contributed by atoms with Gasteiger partial charge in [0.25, 0.3) is 0 Å². The van der Waals surface area contributed by atoms with Gasteiger partial charge in [0, 0.05) is 26.1 Å². The van der Waals surface area contributed by atoms with Crippen molar-refractivity contribution in [3.05, 3.63) is 0 Å². The maximum atomic E-state index is 12.0. The largest absolute Gasteiger partial charge is 0.343 e. The van der Waals surface area contributed by atoms with Crippen molar-refractivity contribution in [2.75, 3.05) is 25.9 Å². The highest BCUT2D eigenvalue weighted by Crippen LogP contribution is 2.13. The van der Waals surface area contributed by atoms with Gasteiger partial charge in [-0.05, 0) is 32.1 Å². The van der Waals surface area contributed by atoms with E-state index in [1.54, 1.807) is 0 Å². The molecule has 0 aliphatic carbocycles. The van der Waals surface area contributed by atoms with Gasteiger partial charge in [0.2, 0.25) is 15.9 Å². The SMILES string of the molecule is CS(=O)(=O)NCCCCCCCCCC(=O)N1CCCCC1. The minimum Gasteiger partial charge on any atom is -0.343 e. The first-order chi connectivity index (χ1) is 10.5. The number of hydrogen-bond donors (Lipinski definition) is 1. The molecule has 1 saturated heterocycles. The Morgan fingerprint density at radius 1 is 0.909 bits per heavy atom. The molecular formula is C16H32N2O3S. The third kappa shape index (κ3) is 10.2. The number of nitrogens with zero attached hydrogens (tertiary/aromatic N) is 1. The molecule has 1 rings (SSSR count). The molecule has 0 saturated carbocycles. The van der Waals surface area contributed by atoms with Crippen LogP contribution in [0.3, 0.4) is 0 Å². The molecule has 0 aromatic rings. The maximum Gasteiger partial charge on any atom is 0.222 e. The summed E-state index contributed by atoms with van der Waals surface area (Å²) in [7, 11) is -3.03. The van der Waals surface area contributed by atoms with E-state index in [-0.39, 0.29) is 0 Å². The standard InChI is InChI=1S/C16H32N2O3S/c1-22(20,21)17-13-9-6-4-2-3-5-8-12-16(19)18-14-10-7-11-15-18/h17H,2-15H2,1H3. The topological polar surface area (TPSA) is 66.5 Å². The predicted octanol–water partition coefficient (Wildman–Crippen LogP) is 2.67. The van der Waals surface area contributed by atoms with E-state index in [2.05, 4.69) is 4.72 Å². The number of carbonyl (C=O) groups is 1. The summed E-state index contributed by atoms with van der Waals surface area (Å²) >= 11 is 0. The van der Waals surface area contributed by atoms with Crippen molar-refractivity contribution >= 4 is 15.9 Å². The highest BCUT2D eigenvalue weighted by atomic mass is 32.2. The number of rotatable bonds is 11. The summed E-state index contributed by atoms with van der Waals surface area (Å²) in [6, 6.07) is 0. The van der Waals surface area contributed by atoms with Gasteiger partial charge in [-0.15, -0.1) is 0 Å². The van der Waals surface area contributed by atoms with Gasteiger partial charge in [-0.3, -0.25) is 4.79 Å². The van der Waals surface area contributed by atoms with Crippen molar-refractivity contribution in [2.45, 2.75) is 70.6 Å². The Balaban J connectivity index is 1.86. The monoisotopic (exact) mass is 332 g/mol. The van der Waals surface area contributed by atoms with Crippen molar-refractivity contribution in [2.24, 2.45) is 0 Å². The zero-order chi connectivity index (χ0) is 16.3. The van der Waals surface area contributed by atoms with Crippen LogP contribution in [0.2, 0.25) is 0 Å². The average molecular weight is 333 g/mol. The number of carbonyl (C=O) groups excluding carboxylic acids is 1. The van der Waals surface area contributed by atoms with Crippen molar-refractivity contribution in [1.82, 2.24) is 9.62 Å². The molecule has 0 bridgehead atoms. The van der Waals surface area contributed by atoms with Crippen LogP contribution >= 0.6 is 0 Å². The Morgan fingerprint density at radius 2 is 1.45 bits per heavy atom. The fourth-order valence-electron chi connectivity index (χ4n) is 2.84. The Morgan fingerprint density at radius 3 is 2.05 bits per heavy atom. The summed E-state index contributed by atoms with van der Waals surface area (Å²) in [5, 5.41) is 0. The number of unbranched alkanes of at least 4 members (excludes halogenated alkanes) is 6. The first kappa shape index (κ1) is 19.4. The highest BCUT2D eigenvalue weighted by Gasteiger charge is 2.15. The van der Waals surface area contributed by atoms with Crippen molar-refractivity contribution in [3.63, 3.8) is 0 Å². The Kier molecular flexibility index (Phi) is 9.71. The van der Waals surface area contributed by atoms with Gasteiger partial charge < -0.3 is 4.90 Å². The molecule has 1 N–H and O–H groups in total. The lowest BCUT2D eigenvalue weighted by Crippen LogP contribution is -2.35. The first-order valence-corrected chi connectivity index (χ1v) is 10.6. The van der Waals surface area contributed by atoms with Gasteiger partial charge in [0.1, 0.15) is 0 Å². The van der Waals surface area contributed by atoms with Crippen molar-refractivity contribution in [3.8, 4) is 0 Å². The van der Waals surface area contributed by atoms with E-state index in [0.29, 0.717) is 18.9 Å². The Labute approximate surface area is 135 Å². The molecule has 0 spiro atoms. The molecule has 1 heterocycles. The smallest absolute Gasteiger partial charge is 0.222 e. The van der Waals surface area contributed by atoms with E-state index in [1.807, 2.05) is 4.90 Å². The summed E-state index contributed by atoms with van der Waals surface area (Å²) < 4.78 is 24.2. The van der Waals surface area contributed by atoms with Gasteiger partial charge in [-0.2, -0.15) is 0 Å². The van der Waals surface area contributed by atoms with Crippen LogP contribution in [-0.2, 0) is 14.8 Å². The molecule has 6 heteroatoms. The van der Waals surface area contributed by atoms with Crippen LogP contribution in [0.25, 0.3) is 0 Å². The van der Waals surface area contributed by atoms with E-state index in [0.717, 1.165) is 45.2 Å². The van der Waals surface area contributed by atoms with Gasteiger partial charge in [0.05, 0.1) is 6.26 Å². The van der Waals surface area contributed by atoms with Gasteiger partial charge >= 0.3 is 0 Å². The number of sulfonamides is 1. The fourth-order valence-corrected chi connectivity index (χ4v) is 3.36. The van der Waals surface area contributed by atoms with E-state index >= 15 is 0 Å². The Bertz CT molecular complexity index is 404. The second-order valence-electron chi connectivity index (χ2n) is 6.33. The molecule has 0 aromatic carbocycles. The molecule has 1 fully saturated rings. The van der Waals surface area contributed by atoms with Gasteiger partial charge in [-0.25, -0.2) is 13.1 Å². The second-order valence-corrected chi connectivity index (χ2v) is 8.17. The molecule has 0 radical (unpaired) electrons. The molecule has 1 amide bonds. The molecule has 0 unspecified atom stereocenters. The molecule has 0 aromatic heterocycles. The number of likely N-dealkylation sites (tertiary alicyclic amines) is 1. The Hall–Kier alpha value is -0.620. The number of amides is 1. The molecule has 1 aliphatic heterocycles. The second kappa shape index (κ2) is 11.0. The zero-order valence-corrected chi connectivity index (χ0v) is 14.8. The van der Waals surface area contributed by atoms with E-state index in [4.69, 9.17) is 0 Å². The molecule has 0 atom stereocenters. The van der Waals surface area contributed by atoms with Crippen LogP contribution in [0, 0.1) is 0 Å². The van der Waals surface area contributed by atoms with Gasteiger partial charge in [0.15, 0.2) is 0 Å². The van der Waals surface area contributed by atoms with E-state index < -0.39 is 10.0 Å². The van der Waals surface area contributed by atoms with Crippen molar-refractivity contribution in [1.29, 1.82) is 0 Å². The summed E-state index contributed by atoms with van der Waals surface area (Å²) in [5.41, 5.74) is 0. The van der Waals surface area contributed by atoms with Crippen LogP contribution in [0.1, 0.15) is 70.6 Å². The van der Waals surface area contributed by atoms with E-state index in [1.165, 1.54) is 38.4 Å². The van der Waals surface area contributed by atoms with Crippen LogP contribution in [-0.4, -0.2) is 45.1 Å². The number of hydrogen-bond acceptors (Lipinski definition) is 3. The van der Waals surface area contributed by atoms with Crippen LogP contribution in [0.15, 0.2) is 0 Å². The number of piperidine rings is 1. The quantitative estimate of drug-likeness (QED) is 0.592. The van der Waals surface area contributed by atoms with Crippen LogP contribution in [0.4, 0.5) is 0 Å². The summed E-state index contributed by atoms with van der Waals surface area (Å²) in [6.45, 7) is 2.46. The summed E-state index contributed by atoms with van der Waals surface area (Å²) in [4.78, 5) is 14.0. The molecular weight excluding hydrogens is 300 g/mol. The normalized spacial score (nSPS) is 16.0. The minimum absolute atomic E-state index is 0.339. The first-order valence-electron chi connectivity index (χ1n) is 8.71. The minimum atomic E-state index is -3.03. The van der Waals surface area contributed by atoms with Crippen LogP contribution < -0.4 is 4.72 Å². The van der Waals surface area contributed by atoms with Crippen molar-refractivity contribution < 1.29 is 13.2 Å². The zero-order valence-electron chi connectivity index (χ0n) is 14.0. The fraction of sp³-hybridized carbons (Fsp3) is 0.938. The lowest BCUT2D eigenvalue weighted by Gasteiger charge is -2.26. The maximum absolute atomic E-state index is 12.0. The predicted molar refractivity (Wildman–Crippen MR) is 90.2 cm³/mol. The molecule has 1 aliphatic rings. The third-order valence-electron chi connectivity index (χ3n) is 4.14. The van der Waals surface area contributed by atoms with Gasteiger partial charge in [-0.1, -0.05) is 32.1 Å². The average Bonchev–Trinajstić information content (AvgIpc) is 2.48. The molecule has 22 heavy (non-hydrogen) atoms. The lowest BCUT2D eigenvalue weighted by molar-refractivity contribution is -0.132. The summed E-state index contributed by atoms with van der Waals surface area (Å²) in [6.07, 6.45) is 13.1. The van der Waals surface area contributed by atoms with E-state index in [9.17, 15) is 13.2 Å². The number of nitrogens with one attached hydrogen (secondary N) is 1. The molecule has 5 nitrogen and oxygen atoms in total. The van der Waals surface area contributed by atoms with Crippen LogP contribution in [0.5, 0.6) is 0 Å². The third-order valence-corrected chi connectivity index (χ3v) is 4.87. The molecule has 130 valence electrons. The lowest BCUT2D eigenvalue weighted by atomic mass is 10.1. The summed E-state index contributed by atoms with van der Waals surface area (Å²) in [5.74, 6) is 0.339.